The van der Waals surface area contributed by atoms with Gasteiger partial charge in [-0.1, -0.05) is 23.7 Å². The summed E-state index contributed by atoms with van der Waals surface area (Å²) in [6.07, 6.45) is 0.812. The molecule has 5 rings (SSSR count). The van der Waals surface area contributed by atoms with E-state index < -0.39 is 17.1 Å². The highest BCUT2D eigenvalue weighted by atomic mass is 35.5. The van der Waals surface area contributed by atoms with Gasteiger partial charge >= 0.3 is 5.69 Å². The first-order chi connectivity index (χ1) is 15.8. The van der Waals surface area contributed by atoms with E-state index in [0.717, 1.165) is 34.3 Å². The normalized spacial score (nSPS) is 13.5. The van der Waals surface area contributed by atoms with E-state index in [1.165, 1.54) is 22.8 Å². The van der Waals surface area contributed by atoms with Crippen molar-refractivity contribution in [3.63, 3.8) is 0 Å². The molecule has 0 bridgehead atoms. The number of aryl methyl sites for hydroxylation is 4. The van der Waals surface area contributed by atoms with Gasteiger partial charge in [0.05, 0.1) is 6.54 Å². The Bertz CT molecular complexity index is 1490. The smallest absolute Gasteiger partial charge is 0.312 e. The number of rotatable bonds is 3. The number of halogens is 2. The van der Waals surface area contributed by atoms with Crippen molar-refractivity contribution in [2.45, 2.75) is 33.4 Å². The number of anilines is 2. The number of nitrogens with zero attached hydrogens (tertiary/aromatic N) is 5. The molecular weight excluding hydrogens is 445 g/mol. The molecule has 2 aromatic heterocycles. The molecule has 1 aliphatic heterocycles. The van der Waals surface area contributed by atoms with Crippen molar-refractivity contribution in [2.24, 2.45) is 7.05 Å². The van der Waals surface area contributed by atoms with Crippen LogP contribution in [0.25, 0.3) is 11.2 Å². The minimum absolute atomic E-state index is 0.105. The van der Waals surface area contributed by atoms with E-state index in [0.29, 0.717) is 23.7 Å². The van der Waals surface area contributed by atoms with Crippen LogP contribution in [0, 0.1) is 19.7 Å². The number of hydrogen-bond acceptors (Lipinski definition) is 4. The average Bonchev–Trinajstić information content (AvgIpc) is 3.16. The number of hydrogen-bond donors (Lipinski definition) is 0. The standard InChI is InChI=1S/C24H23ClFN5O2/c1-14-10-15(2)12-16(11-14)29-8-5-9-30-20-21(27-23(29)30)28(3)24(33)31(22(20)32)13-17-18(25)6-4-7-19(17)26/h4,6-7,10-12H,5,8-9,13H2,1-3H3. The van der Waals surface area contributed by atoms with Crippen LogP contribution in [0.5, 0.6) is 0 Å². The summed E-state index contributed by atoms with van der Waals surface area (Å²) in [7, 11) is 1.57. The summed E-state index contributed by atoms with van der Waals surface area (Å²) < 4.78 is 18.6. The maximum atomic E-state index is 14.4. The molecule has 7 nitrogen and oxygen atoms in total. The Morgan fingerprint density at radius 1 is 1.09 bits per heavy atom. The Morgan fingerprint density at radius 2 is 1.82 bits per heavy atom. The molecule has 0 N–H and O–H groups in total. The fourth-order valence-corrected chi connectivity index (χ4v) is 4.82. The van der Waals surface area contributed by atoms with Gasteiger partial charge in [-0.05, 0) is 55.7 Å². The molecule has 4 aromatic rings. The van der Waals surface area contributed by atoms with Gasteiger partial charge in [-0.15, -0.1) is 0 Å². The second-order valence-corrected chi connectivity index (χ2v) is 8.93. The average molecular weight is 468 g/mol. The van der Waals surface area contributed by atoms with Crippen LogP contribution in [0.1, 0.15) is 23.1 Å². The molecule has 0 radical (unpaired) electrons. The Balaban J connectivity index is 1.72. The van der Waals surface area contributed by atoms with E-state index in [-0.39, 0.29) is 17.1 Å². The topological polar surface area (TPSA) is 65.1 Å². The molecule has 0 unspecified atom stereocenters. The predicted molar refractivity (Wildman–Crippen MR) is 127 cm³/mol. The van der Waals surface area contributed by atoms with Crippen molar-refractivity contribution in [1.82, 2.24) is 18.7 Å². The predicted octanol–water partition coefficient (Wildman–Crippen LogP) is 3.90. The molecule has 0 saturated heterocycles. The summed E-state index contributed by atoms with van der Waals surface area (Å²) in [5.74, 6) is 0.0582. The molecule has 0 fully saturated rings. The summed E-state index contributed by atoms with van der Waals surface area (Å²) in [4.78, 5) is 33.4. The molecule has 0 saturated carbocycles. The van der Waals surface area contributed by atoms with Gasteiger partial charge < -0.3 is 9.47 Å². The van der Waals surface area contributed by atoms with Crippen LogP contribution in [0.2, 0.25) is 5.02 Å². The van der Waals surface area contributed by atoms with Crippen molar-refractivity contribution in [3.8, 4) is 0 Å². The Kier molecular flexibility index (Phi) is 5.12. The summed E-state index contributed by atoms with van der Waals surface area (Å²) >= 11 is 6.16. The molecular formula is C24H23ClFN5O2. The highest BCUT2D eigenvalue weighted by Crippen LogP contribution is 2.32. The highest BCUT2D eigenvalue weighted by Gasteiger charge is 2.27. The lowest BCUT2D eigenvalue weighted by atomic mass is 10.1. The van der Waals surface area contributed by atoms with Crippen molar-refractivity contribution < 1.29 is 4.39 Å². The minimum atomic E-state index is -0.569. The largest absolute Gasteiger partial charge is 0.332 e. The van der Waals surface area contributed by atoms with Crippen molar-refractivity contribution in [2.75, 3.05) is 11.4 Å². The molecule has 0 atom stereocenters. The summed E-state index contributed by atoms with van der Waals surface area (Å²) in [5.41, 5.74) is 2.93. The van der Waals surface area contributed by atoms with Crippen LogP contribution in [0.15, 0.2) is 46.0 Å². The molecule has 9 heteroatoms. The lowest BCUT2D eigenvalue weighted by molar-refractivity contribution is 0.578. The van der Waals surface area contributed by atoms with Gasteiger partial charge in [-0.2, -0.15) is 4.98 Å². The summed E-state index contributed by atoms with van der Waals surface area (Å²) in [6.45, 7) is 5.17. The number of benzene rings is 2. The zero-order valence-corrected chi connectivity index (χ0v) is 19.4. The van der Waals surface area contributed by atoms with E-state index in [2.05, 4.69) is 23.1 Å². The van der Waals surface area contributed by atoms with Gasteiger partial charge in [0.25, 0.3) is 5.56 Å². The van der Waals surface area contributed by atoms with Gasteiger partial charge in [0.15, 0.2) is 11.2 Å². The first kappa shape index (κ1) is 21.5. The zero-order chi connectivity index (χ0) is 23.4. The maximum absolute atomic E-state index is 14.4. The van der Waals surface area contributed by atoms with Crippen LogP contribution in [0.3, 0.4) is 0 Å². The van der Waals surface area contributed by atoms with Gasteiger partial charge in [0.1, 0.15) is 5.82 Å². The molecule has 0 spiro atoms. The third kappa shape index (κ3) is 3.45. The Hall–Kier alpha value is -3.39. The maximum Gasteiger partial charge on any atom is 0.332 e. The van der Waals surface area contributed by atoms with E-state index in [1.807, 2.05) is 18.4 Å². The summed E-state index contributed by atoms with van der Waals surface area (Å²) in [5, 5.41) is 0.167. The van der Waals surface area contributed by atoms with E-state index in [9.17, 15) is 14.0 Å². The number of fused-ring (bicyclic) bond motifs is 3. The first-order valence-corrected chi connectivity index (χ1v) is 11.1. The Morgan fingerprint density at radius 3 is 2.52 bits per heavy atom. The second-order valence-electron chi connectivity index (χ2n) is 8.52. The summed E-state index contributed by atoms with van der Waals surface area (Å²) in [6, 6.07) is 10.6. The zero-order valence-electron chi connectivity index (χ0n) is 18.6. The van der Waals surface area contributed by atoms with Crippen molar-refractivity contribution >= 4 is 34.4 Å². The van der Waals surface area contributed by atoms with E-state index >= 15 is 0 Å². The molecule has 170 valence electrons. The monoisotopic (exact) mass is 467 g/mol. The van der Waals surface area contributed by atoms with Gasteiger partial charge in [0, 0.05) is 36.4 Å². The Labute approximate surface area is 194 Å². The van der Waals surface area contributed by atoms with Gasteiger partial charge in [-0.25, -0.2) is 9.18 Å². The van der Waals surface area contributed by atoms with Crippen LogP contribution in [-0.4, -0.2) is 25.2 Å². The van der Waals surface area contributed by atoms with Crippen molar-refractivity contribution in [1.29, 1.82) is 0 Å². The fourth-order valence-electron chi connectivity index (χ4n) is 4.60. The molecule has 1 aliphatic rings. The van der Waals surface area contributed by atoms with Crippen LogP contribution < -0.4 is 16.1 Å². The van der Waals surface area contributed by atoms with Gasteiger partial charge in [0.2, 0.25) is 5.95 Å². The lowest BCUT2D eigenvalue weighted by Crippen LogP contribution is -2.40. The van der Waals surface area contributed by atoms with E-state index in [1.54, 1.807) is 7.05 Å². The lowest BCUT2D eigenvalue weighted by Gasteiger charge is -2.29. The molecule has 0 amide bonds. The molecule has 0 aliphatic carbocycles. The molecule has 2 aromatic carbocycles. The minimum Gasteiger partial charge on any atom is -0.312 e. The number of aromatic nitrogens is 4. The fraction of sp³-hybridized carbons (Fsp3) is 0.292. The van der Waals surface area contributed by atoms with Crippen molar-refractivity contribution in [3.05, 3.63) is 84.8 Å². The molecule has 3 heterocycles. The van der Waals surface area contributed by atoms with Crippen LogP contribution in [0.4, 0.5) is 16.0 Å². The third-order valence-electron chi connectivity index (χ3n) is 6.11. The molecule has 33 heavy (non-hydrogen) atoms. The highest BCUT2D eigenvalue weighted by molar-refractivity contribution is 6.31. The third-order valence-corrected chi connectivity index (χ3v) is 6.47. The van der Waals surface area contributed by atoms with Crippen LogP contribution in [-0.2, 0) is 20.1 Å². The second kappa shape index (κ2) is 7.88. The quantitative estimate of drug-likeness (QED) is 0.458. The number of imidazole rings is 1. The first-order valence-electron chi connectivity index (χ1n) is 10.7. The van der Waals surface area contributed by atoms with Crippen LogP contribution >= 0.6 is 11.6 Å². The SMILES string of the molecule is Cc1cc(C)cc(N2CCCn3c2nc2c3c(=O)n(Cc3c(F)cccc3Cl)c(=O)n2C)c1. The van der Waals surface area contributed by atoms with E-state index in [4.69, 9.17) is 16.6 Å². The van der Waals surface area contributed by atoms with Gasteiger partial charge in [-0.3, -0.25) is 13.9 Å².